The summed E-state index contributed by atoms with van der Waals surface area (Å²) < 4.78 is 62.2. The van der Waals surface area contributed by atoms with E-state index in [1.165, 1.54) is 14.2 Å². The Balaban J connectivity index is 2.77. The van der Waals surface area contributed by atoms with Crippen molar-refractivity contribution in [3.05, 3.63) is 24.3 Å². The van der Waals surface area contributed by atoms with Gasteiger partial charge in [-0.3, -0.25) is 0 Å². The number of rotatable bonds is 6. The molecule has 2 aromatic carbocycles. The molecule has 2 aromatic rings. The molecule has 0 aliphatic rings. The number of phenolic OH excluding ortho intramolecular Hbond substituents is 2. The van der Waals surface area contributed by atoms with Gasteiger partial charge in [0.15, 0.2) is 34.5 Å². The first-order chi connectivity index (χ1) is 12.4. The zero-order valence-electron chi connectivity index (χ0n) is 13.6. The highest BCUT2D eigenvalue weighted by Crippen LogP contribution is 2.44. The van der Waals surface area contributed by atoms with E-state index >= 15 is 0 Å². The van der Waals surface area contributed by atoms with Crippen LogP contribution in [0.4, 0.5) is 0 Å². The van der Waals surface area contributed by atoms with E-state index in [0.717, 1.165) is 24.3 Å². The Morgan fingerprint density at radius 3 is 1.30 bits per heavy atom. The van der Waals surface area contributed by atoms with Gasteiger partial charge in [-0.1, -0.05) is 0 Å². The smallest absolute Gasteiger partial charge is 0.265 e. The fourth-order valence-corrected chi connectivity index (χ4v) is 3.96. The largest absolute Gasteiger partial charge is 0.504 e. The Kier molecular flexibility index (Phi) is 5.90. The number of hydrogen-bond donors (Lipinski definition) is 2. The number of ether oxygens (including phenoxy) is 3. The molecule has 0 aliphatic carbocycles. The molecule has 0 aliphatic heterocycles. The first-order valence-electron chi connectivity index (χ1n) is 6.77. The number of benzene rings is 2. The Bertz CT molecular complexity index is 1010. The predicted molar refractivity (Wildman–Crippen MR) is 95.5 cm³/mol. The Morgan fingerprint density at radius 1 is 0.704 bits per heavy atom. The second-order valence-corrected chi connectivity index (χ2v) is 9.99. The molecule has 0 fully saturated rings. The van der Waals surface area contributed by atoms with Crippen molar-refractivity contribution in [2.45, 2.75) is 9.79 Å². The molecule has 148 valence electrons. The third-order valence-corrected chi connectivity index (χ3v) is 5.92. The summed E-state index contributed by atoms with van der Waals surface area (Å²) in [6.45, 7) is 0. The van der Waals surface area contributed by atoms with Crippen LogP contribution >= 0.6 is 21.4 Å². The fraction of sp³-hybridized carbons (Fsp3) is 0.143. The zero-order chi connectivity index (χ0) is 20.6. The molecule has 27 heavy (non-hydrogen) atoms. The molecule has 0 saturated heterocycles. The number of methoxy groups -OCH3 is 2. The van der Waals surface area contributed by atoms with Crippen LogP contribution in [0.1, 0.15) is 0 Å². The second-order valence-electron chi connectivity index (χ2n) is 4.92. The van der Waals surface area contributed by atoms with Crippen molar-refractivity contribution in [3.8, 4) is 34.5 Å². The van der Waals surface area contributed by atoms with Crippen molar-refractivity contribution in [2.24, 2.45) is 0 Å². The van der Waals surface area contributed by atoms with E-state index in [2.05, 4.69) is 0 Å². The molecule has 0 heterocycles. The molecule has 0 radical (unpaired) electrons. The van der Waals surface area contributed by atoms with Gasteiger partial charge < -0.3 is 24.4 Å². The van der Waals surface area contributed by atoms with Gasteiger partial charge in [-0.25, -0.2) is 16.8 Å². The van der Waals surface area contributed by atoms with Crippen molar-refractivity contribution in [3.63, 3.8) is 0 Å². The summed E-state index contributed by atoms with van der Waals surface area (Å²) in [4.78, 5) is -1.32. The lowest BCUT2D eigenvalue weighted by atomic mass is 10.2. The van der Waals surface area contributed by atoms with E-state index in [0.29, 0.717) is 0 Å². The topological polar surface area (TPSA) is 136 Å². The maximum Gasteiger partial charge on any atom is 0.265 e. The summed E-state index contributed by atoms with van der Waals surface area (Å²) in [6, 6.07) is 3.50. The van der Waals surface area contributed by atoms with Gasteiger partial charge in [-0.05, 0) is 0 Å². The van der Waals surface area contributed by atoms with Gasteiger partial charge in [0.05, 0.1) is 14.2 Å². The minimum absolute atomic E-state index is 0.171. The minimum Gasteiger partial charge on any atom is -0.504 e. The van der Waals surface area contributed by atoms with Crippen molar-refractivity contribution in [1.82, 2.24) is 0 Å². The Hall–Kier alpha value is -2.08. The Morgan fingerprint density at radius 2 is 1.04 bits per heavy atom. The molecule has 0 spiro atoms. The van der Waals surface area contributed by atoms with Gasteiger partial charge in [0, 0.05) is 45.6 Å². The Labute approximate surface area is 163 Å². The molecule has 0 amide bonds. The molecule has 0 unspecified atom stereocenters. The second kappa shape index (κ2) is 7.50. The standard InChI is InChI=1S/C14H12Cl2O9S2/c1-23-9-5-11(13(3-7(9)17)26(15,19)20)25-12-6-10(24-2)8(18)4-14(12)27(16,21)22/h3-6,17-18H,1-2H3. The third kappa shape index (κ3) is 4.61. The molecule has 0 aromatic heterocycles. The summed E-state index contributed by atoms with van der Waals surface area (Å²) in [5, 5.41) is 19.5. The van der Waals surface area contributed by atoms with E-state index in [1.54, 1.807) is 0 Å². The quantitative estimate of drug-likeness (QED) is 0.625. The van der Waals surface area contributed by atoms with Crippen LogP contribution in [0.3, 0.4) is 0 Å². The lowest BCUT2D eigenvalue weighted by molar-refractivity contribution is 0.360. The first kappa shape index (κ1) is 21.2. The zero-order valence-corrected chi connectivity index (χ0v) is 16.8. The van der Waals surface area contributed by atoms with Crippen LogP contribution in [-0.4, -0.2) is 41.3 Å². The van der Waals surface area contributed by atoms with Crippen molar-refractivity contribution >= 4 is 39.5 Å². The van der Waals surface area contributed by atoms with Crippen molar-refractivity contribution in [2.75, 3.05) is 14.2 Å². The van der Waals surface area contributed by atoms with Gasteiger partial charge in [0.25, 0.3) is 18.1 Å². The lowest BCUT2D eigenvalue weighted by Crippen LogP contribution is -2.01. The predicted octanol–water partition coefficient (Wildman–Crippen LogP) is 2.76. The highest BCUT2D eigenvalue weighted by atomic mass is 35.7. The monoisotopic (exact) mass is 458 g/mol. The number of aromatic hydroxyl groups is 2. The SMILES string of the molecule is COc1cc(Oc2cc(OC)c(O)cc2S(=O)(=O)Cl)c(S(=O)(=O)Cl)cc1O. The van der Waals surface area contributed by atoms with Gasteiger partial charge in [0.2, 0.25) is 0 Å². The highest BCUT2D eigenvalue weighted by molar-refractivity contribution is 8.14. The molecule has 9 nitrogen and oxygen atoms in total. The normalized spacial score (nSPS) is 11.9. The fourth-order valence-electron chi connectivity index (χ4n) is 2.05. The van der Waals surface area contributed by atoms with E-state index in [1.807, 2.05) is 0 Å². The molecule has 2 rings (SSSR count). The number of halogens is 2. The average Bonchev–Trinajstić information content (AvgIpc) is 2.55. The third-order valence-electron chi connectivity index (χ3n) is 3.24. The molecule has 0 atom stereocenters. The van der Waals surface area contributed by atoms with Gasteiger partial charge in [0.1, 0.15) is 9.79 Å². The summed E-state index contributed by atoms with van der Waals surface area (Å²) in [6.07, 6.45) is 0. The maximum atomic E-state index is 11.8. The molecule has 2 N–H and O–H groups in total. The van der Waals surface area contributed by atoms with Crippen LogP contribution in [-0.2, 0) is 18.1 Å². The summed E-state index contributed by atoms with van der Waals surface area (Å²) in [5.41, 5.74) is 0. The van der Waals surface area contributed by atoms with E-state index in [4.69, 9.17) is 35.6 Å². The molecule has 13 heteroatoms. The number of phenols is 2. The average molecular weight is 459 g/mol. The summed E-state index contributed by atoms with van der Waals surface area (Å²) >= 11 is 0. The highest BCUT2D eigenvalue weighted by Gasteiger charge is 2.26. The molecule has 0 bridgehead atoms. The van der Waals surface area contributed by atoms with Crippen LogP contribution in [0.15, 0.2) is 34.1 Å². The van der Waals surface area contributed by atoms with E-state index in [9.17, 15) is 27.0 Å². The van der Waals surface area contributed by atoms with Crippen LogP contribution in [0.25, 0.3) is 0 Å². The van der Waals surface area contributed by atoms with Crippen LogP contribution in [0, 0.1) is 0 Å². The van der Waals surface area contributed by atoms with Crippen LogP contribution < -0.4 is 14.2 Å². The van der Waals surface area contributed by atoms with Crippen molar-refractivity contribution in [1.29, 1.82) is 0 Å². The van der Waals surface area contributed by atoms with Crippen LogP contribution in [0.2, 0.25) is 0 Å². The first-order valence-corrected chi connectivity index (χ1v) is 11.4. The maximum absolute atomic E-state index is 11.8. The minimum atomic E-state index is -4.40. The van der Waals surface area contributed by atoms with Crippen LogP contribution in [0.5, 0.6) is 34.5 Å². The van der Waals surface area contributed by atoms with Gasteiger partial charge >= 0.3 is 0 Å². The molecular formula is C14H12Cl2O9S2. The molecule has 0 saturated carbocycles. The van der Waals surface area contributed by atoms with Gasteiger partial charge in [-0.15, -0.1) is 0 Å². The van der Waals surface area contributed by atoms with Gasteiger partial charge in [-0.2, -0.15) is 0 Å². The lowest BCUT2D eigenvalue weighted by Gasteiger charge is -2.15. The molecular weight excluding hydrogens is 447 g/mol. The summed E-state index contributed by atoms with van der Waals surface area (Å²) in [7, 11) is 4.28. The van der Waals surface area contributed by atoms with E-state index < -0.39 is 50.9 Å². The summed E-state index contributed by atoms with van der Waals surface area (Å²) in [5.74, 6) is -2.36. The van der Waals surface area contributed by atoms with E-state index in [-0.39, 0.29) is 11.5 Å². The van der Waals surface area contributed by atoms with Crippen molar-refractivity contribution < 1.29 is 41.3 Å². The number of hydrogen-bond acceptors (Lipinski definition) is 9.